The fourth-order valence-corrected chi connectivity index (χ4v) is 2.64. The molecular weight excluding hydrogens is 302 g/mol. The van der Waals surface area contributed by atoms with Crippen LogP contribution in [0.1, 0.15) is 36.0 Å². The van der Waals surface area contributed by atoms with Crippen LogP contribution in [0, 0.1) is 5.92 Å². The Morgan fingerprint density at radius 1 is 1.18 bits per heavy atom. The maximum Gasteiger partial charge on any atom is 0.308 e. The van der Waals surface area contributed by atoms with Crippen molar-refractivity contribution in [2.75, 3.05) is 7.11 Å². The highest BCUT2D eigenvalue weighted by atomic mass is 32.1. The summed E-state index contributed by atoms with van der Waals surface area (Å²) in [7, 11) is 1.42. The summed E-state index contributed by atoms with van der Waals surface area (Å²) in [5.74, 6) is 0.127. The van der Waals surface area contributed by atoms with Crippen molar-refractivity contribution >= 4 is 29.3 Å². The van der Waals surface area contributed by atoms with Gasteiger partial charge in [-0.1, -0.05) is 0 Å². The molecule has 2 rings (SSSR count). The third-order valence-electron chi connectivity index (χ3n) is 3.76. The molecular formula is C16H17NO4S. The number of amides is 1. The summed E-state index contributed by atoms with van der Waals surface area (Å²) < 4.78 is 10.6. The molecule has 0 aliphatic heterocycles. The van der Waals surface area contributed by atoms with Gasteiger partial charge in [-0.2, -0.15) is 4.99 Å². The minimum Gasteiger partial charge on any atom is -0.490 e. The van der Waals surface area contributed by atoms with Crippen molar-refractivity contribution in [3.63, 3.8) is 0 Å². The number of nitrogens with zero attached hydrogens (tertiary/aromatic N) is 1. The number of esters is 1. The van der Waals surface area contributed by atoms with E-state index in [4.69, 9.17) is 9.47 Å². The first-order valence-electron chi connectivity index (χ1n) is 7.10. The van der Waals surface area contributed by atoms with E-state index in [0.717, 1.165) is 25.7 Å². The van der Waals surface area contributed by atoms with Crippen molar-refractivity contribution in [1.82, 2.24) is 0 Å². The smallest absolute Gasteiger partial charge is 0.308 e. The summed E-state index contributed by atoms with van der Waals surface area (Å²) in [6.07, 6.45) is 3.27. The summed E-state index contributed by atoms with van der Waals surface area (Å²) in [4.78, 5) is 26.4. The average Bonchev–Trinajstić information content (AvgIpc) is 2.55. The Morgan fingerprint density at radius 3 is 2.36 bits per heavy atom. The van der Waals surface area contributed by atoms with Gasteiger partial charge in [-0.05, 0) is 62.2 Å². The predicted octanol–water partition coefficient (Wildman–Crippen LogP) is 3.04. The lowest BCUT2D eigenvalue weighted by atomic mass is 9.87. The first kappa shape index (κ1) is 16.3. The van der Waals surface area contributed by atoms with Crippen molar-refractivity contribution in [3.8, 4) is 5.75 Å². The zero-order chi connectivity index (χ0) is 15.9. The highest BCUT2D eigenvalue weighted by Crippen LogP contribution is 2.28. The van der Waals surface area contributed by atoms with Crippen LogP contribution in [0.15, 0.2) is 29.3 Å². The van der Waals surface area contributed by atoms with E-state index in [0.29, 0.717) is 11.3 Å². The molecule has 1 aliphatic carbocycles. The summed E-state index contributed by atoms with van der Waals surface area (Å²) in [5, 5.41) is 2.05. The van der Waals surface area contributed by atoms with E-state index in [9.17, 15) is 9.59 Å². The van der Waals surface area contributed by atoms with Crippen LogP contribution in [-0.2, 0) is 9.53 Å². The number of isothiocyanates is 1. The van der Waals surface area contributed by atoms with E-state index in [1.165, 1.54) is 7.11 Å². The van der Waals surface area contributed by atoms with Crippen LogP contribution in [0.4, 0.5) is 0 Å². The van der Waals surface area contributed by atoms with E-state index in [-0.39, 0.29) is 18.0 Å². The molecule has 1 aromatic carbocycles. The molecule has 0 saturated heterocycles. The van der Waals surface area contributed by atoms with Crippen LogP contribution < -0.4 is 4.74 Å². The van der Waals surface area contributed by atoms with Crippen LogP contribution >= 0.6 is 12.2 Å². The molecule has 0 aromatic heterocycles. The molecule has 0 spiro atoms. The van der Waals surface area contributed by atoms with E-state index in [1.807, 2.05) is 0 Å². The van der Waals surface area contributed by atoms with Gasteiger partial charge < -0.3 is 9.47 Å². The molecule has 22 heavy (non-hydrogen) atoms. The maximum atomic E-state index is 11.5. The van der Waals surface area contributed by atoms with E-state index < -0.39 is 5.91 Å². The lowest BCUT2D eigenvalue weighted by Crippen LogP contribution is -2.28. The van der Waals surface area contributed by atoms with Gasteiger partial charge in [-0.25, -0.2) is 0 Å². The minimum atomic E-state index is -0.417. The summed E-state index contributed by atoms with van der Waals surface area (Å²) >= 11 is 4.40. The van der Waals surface area contributed by atoms with Gasteiger partial charge in [0, 0.05) is 5.56 Å². The molecule has 0 atom stereocenters. The molecule has 0 unspecified atom stereocenters. The number of methoxy groups -OCH3 is 1. The number of aliphatic imine (C=N–C) groups is 1. The number of benzene rings is 1. The van der Waals surface area contributed by atoms with Gasteiger partial charge in [0.1, 0.15) is 5.75 Å². The highest BCUT2D eigenvalue weighted by molar-refractivity contribution is 7.78. The summed E-state index contributed by atoms with van der Waals surface area (Å²) in [5.41, 5.74) is 0.444. The Kier molecular flexibility index (Phi) is 5.81. The SMILES string of the molecule is COC(=O)[C@H]1CC[C@@H](Oc2ccc(C(=O)N=C=S)cc2)CC1. The third kappa shape index (κ3) is 4.23. The third-order valence-corrected chi connectivity index (χ3v) is 3.85. The Labute approximate surface area is 134 Å². The Morgan fingerprint density at radius 2 is 1.82 bits per heavy atom. The van der Waals surface area contributed by atoms with Gasteiger partial charge in [-0.3, -0.25) is 9.59 Å². The van der Waals surface area contributed by atoms with Crippen LogP contribution in [0.2, 0.25) is 0 Å². The number of hydrogen-bond donors (Lipinski definition) is 0. The van der Waals surface area contributed by atoms with Gasteiger partial charge in [0.05, 0.1) is 24.3 Å². The van der Waals surface area contributed by atoms with Crippen molar-refractivity contribution in [2.24, 2.45) is 10.9 Å². The topological polar surface area (TPSA) is 65.0 Å². The van der Waals surface area contributed by atoms with Crippen molar-refractivity contribution < 1.29 is 19.1 Å². The zero-order valence-corrected chi connectivity index (χ0v) is 13.1. The molecule has 1 amide bonds. The van der Waals surface area contributed by atoms with Gasteiger partial charge >= 0.3 is 5.97 Å². The molecule has 0 heterocycles. The molecule has 0 radical (unpaired) electrons. The van der Waals surface area contributed by atoms with E-state index in [2.05, 4.69) is 22.4 Å². The molecule has 5 nitrogen and oxygen atoms in total. The average molecular weight is 319 g/mol. The first-order chi connectivity index (χ1) is 10.6. The maximum absolute atomic E-state index is 11.5. The van der Waals surface area contributed by atoms with E-state index in [1.54, 1.807) is 24.3 Å². The molecule has 1 fully saturated rings. The molecule has 1 aromatic rings. The van der Waals surface area contributed by atoms with Gasteiger partial charge in [-0.15, -0.1) is 0 Å². The normalized spacial score (nSPS) is 20.6. The van der Waals surface area contributed by atoms with Gasteiger partial charge in [0.2, 0.25) is 0 Å². The summed E-state index contributed by atoms with van der Waals surface area (Å²) in [6.45, 7) is 0. The summed E-state index contributed by atoms with van der Waals surface area (Å²) in [6, 6.07) is 6.76. The van der Waals surface area contributed by atoms with Crippen molar-refractivity contribution in [3.05, 3.63) is 29.8 Å². The van der Waals surface area contributed by atoms with Crippen LogP contribution in [0.5, 0.6) is 5.75 Å². The minimum absolute atomic E-state index is 0.0163. The van der Waals surface area contributed by atoms with Gasteiger partial charge in [0.25, 0.3) is 5.91 Å². The highest BCUT2D eigenvalue weighted by Gasteiger charge is 2.27. The molecule has 116 valence electrons. The number of carbonyl (C=O) groups excluding carboxylic acids is 2. The number of thiocarbonyl (C=S) groups is 1. The lowest BCUT2D eigenvalue weighted by molar-refractivity contribution is -0.147. The molecule has 0 bridgehead atoms. The molecule has 0 N–H and O–H groups in total. The second kappa shape index (κ2) is 7.82. The van der Waals surface area contributed by atoms with Crippen molar-refractivity contribution in [1.29, 1.82) is 0 Å². The largest absolute Gasteiger partial charge is 0.490 e. The number of ether oxygens (including phenoxy) is 2. The number of carbonyl (C=O) groups is 2. The Balaban J connectivity index is 1.88. The Hall–Kier alpha value is -2.04. The number of rotatable bonds is 4. The van der Waals surface area contributed by atoms with Crippen LogP contribution in [0.3, 0.4) is 0 Å². The second-order valence-corrected chi connectivity index (χ2v) is 5.33. The lowest BCUT2D eigenvalue weighted by Gasteiger charge is -2.27. The zero-order valence-electron chi connectivity index (χ0n) is 12.3. The van der Waals surface area contributed by atoms with Crippen LogP contribution in [0.25, 0.3) is 0 Å². The second-order valence-electron chi connectivity index (χ2n) is 5.15. The standard InChI is InChI=1S/C16H17NO4S/c1-20-16(19)12-4-8-14(9-5-12)21-13-6-2-11(3-7-13)15(18)17-10-22/h2-3,6-7,12,14H,4-5,8-9H2,1H3/t12-,14+. The van der Waals surface area contributed by atoms with E-state index >= 15 is 0 Å². The predicted molar refractivity (Wildman–Crippen MR) is 84.2 cm³/mol. The van der Waals surface area contributed by atoms with Gasteiger partial charge in [0.15, 0.2) is 0 Å². The molecule has 1 saturated carbocycles. The molecule has 1 aliphatic rings. The fourth-order valence-electron chi connectivity index (χ4n) is 2.56. The van der Waals surface area contributed by atoms with Crippen LogP contribution in [-0.4, -0.2) is 30.3 Å². The number of hydrogen-bond acceptors (Lipinski definition) is 5. The van der Waals surface area contributed by atoms with Crippen molar-refractivity contribution in [2.45, 2.75) is 31.8 Å². The fraction of sp³-hybridized carbons (Fsp3) is 0.438. The Bertz CT molecular complexity index is 585. The quantitative estimate of drug-likeness (QED) is 0.485. The first-order valence-corrected chi connectivity index (χ1v) is 7.51. The monoisotopic (exact) mass is 319 g/mol. The molecule has 6 heteroatoms.